The number of halogens is 1. The fourth-order valence-electron chi connectivity index (χ4n) is 4.36. The number of hydrogen-bond donors (Lipinski definition) is 0. The summed E-state index contributed by atoms with van der Waals surface area (Å²) in [6.07, 6.45) is 2.03. The fourth-order valence-corrected chi connectivity index (χ4v) is 4.89. The van der Waals surface area contributed by atoms with Gasteiger partial charge in [-0.05, 0) is 55.1 Å². The van der Waals surface area contributed by atoms with E-state index in [4.69, 9.17) is 0 Å². The number of Topliss-reactive ketones (excluding diaryl/α,β-unsaturated/α-hetero) is 1. The van der Waals surface area contributed by atoms with Crippen LogP contribution in [0.15, 0.2) is 54.6 Å². The van der Waals surface area contributed by atoms with Crippen molar-refractivity contribution in [1.82, 2.24) is 0 Å². The Kier molecular flexibility index (Phi) is 2.23. The molecule has 5 aromatic carbocycles. The van der Waals surface area contributed by atoms with E-state index in [0.29, 0.717) is 0 Å². The summed E-state index contributed by atoms with van der Waals surface area (Å²) in [4.78, 5) is 12.5. The second kappa shape index (κ2) is 4.14. The zero-order valence-electron chi connectivity index (χ0n) is 12.6. The van der Waals surface area contributed by atoms with Gasteiger partial charge >= 0.3 is 0 Å². The molecule has 0 saturated carbocycles. The van der Waals surface area contributed by atoms with E-state index >= 15 is 0 Å². The van der Waals surface area contributed by atoms with Crippen LogP contribution >= 0.6 is 15.9 Å². The van der Waals surface area contributed by atoms with Gasteiger partial charge < -0.3 is 0 Å². The molecule has 0 aliphatic heterocycles. The van der Waals surface area contributed by atoms with Gasteiger partial charge in [0.25, 0.3) is 0 Å². The fraction of sp³-hybridized carbons (Fsp3) is 0.0455. The predicted molar refractivity (Wildman–Crippen MR) is 104 cm³/mol. The maximum absolute atomic E-state index is 12.7. The molecule has 5 aromatic rings. The molecule has 6 rings (SSSR count). The Bertz CT molecular complexity index is 1380. The standard InChI is InChI=1S/C22H11BrO/c23-17-10-15-7-6-13-8-12-3-1-2-11-4-5-14-9-16(22(17)24)19(15)21(13)20(14)18(11)12/h1-10,17H. The van der Waals surface area contributed by atoms with E-state index in [0.717, 1.165) is 21.6 Å². The number of carbonyl (C=O) groups is 1. The molecule has 0 saturated heterocycles. The molecule has 1 aliphatic rings. The largest absolute Gasteiger partial charge is 0.293 e. The molecule has 0 spiro atoms. The van der Waals surface area contributed by atoms with Crippen LogP contribution in [0.2, 0.25) is 0 Å². The molecule has 0 amide bonds. The highest BCUT2D eigenvalue weighted by atomic mass is 79.9. The Morgan fingerprint density at radius 3 is 2.29 bits per heavy atom. The lowest BCUT2D eigenvalue weighted by molar-refractivity contribution is 0.101. The van der Waals surface area contributed by atoms with Crippen molar-refractivity contribution in [2.75, 3.05) is 0 Å². The Hall–Kier alpha value is -2.45. The van der Waals surface area contributed by atoms with Gasteiger partial charge in [-0.2, -0.15) is 0 Å². The Morgan fingerprint density at radius 2 is 1.38 bits per heavy atom. The zero-order valence-corrected chi connectivity index (χ0v) is 14.2. The van der Waals surface area contributed by atoms with E-state index in [9.17, 15) is 4.79 Å². The van der Waals surface area contributed by atoms with Crippen LogP contribution in [0, 0.1) is 0 Å². The highest BCUT2D eigenvalue weighted by Gasteiger charge is 2.25. The van der Waals surface area contributed by atoms with Crippen LogP contribution in [0.5, 0.6) is 0 Å². The second-order valence-corrected chi connectivity index (χ2v) is 7.59. The SMILES string of the molecule is O=C1c2cc3ccc4cccc5cc6ccc(c2c6c3c45)=CC1Br. The quantitative estimate of drug-likeness (QED) is 0.208. The summed E-state index contributed by atoms with van der Waals surface area (Å²) in [7, 11) is 0. The lowest BCUT2D eigenvalue weighted by Crippen LogP contribution is -2.23. The van der Waals surface area contributed by atoms with Crippen molar-refractivity contribution in [3.05, 3.63) is 65.4 Å². The first-order valence-electron chi connectivity index (χ1n) is 8.05. The number of benzene rings is 5. The number of alkyl halides is 1. The summed E-state index contributed by atoms with van der Waals surface area (Å²) < 4.78 is 0. The van der Waals surface area contributed by atoms with Crippen LogP contribution in [-0.2, 0) is 0 Å². The molecule has 0 bridgehead atoms. The minimum atomic E-state index is -0.237. The average Bonchev–Trinajstić information content (AvgIpc) is 2.61. The third kappa shape index (κ3) is 1.39. The smallest absolute Gasteiger partial charge is 0.180 e. The first-order chi connectivity index (χ1) is 11.7. The Balaban J connectivity index is 2.07. The maximum Gasteiger partial charge on any atom is 0.180 e. The summed E-state index contributed by atoms with van der Waals surface area (Å²) in [5.74, 6) is 0.153. The van der Waals surface area contributed by atoms with Crippen LogP contribution in [0.25, 0.3) is 49.2 Å². The molecule has 1 nitrogen and oxygen atoms in total. The van der Waals surface area contributed by atoms with Crippen molar-refractivity contribution in [2.24, 2.45) is 0 Å². The number of carbonyl (C=O) groups excluding carboxylic acids is 1. The molecule has 0 heterocycles. The Labute approximate surface area is 146 Å². The summed E-state index contributed by atoms with van der Waals surface area (Å²) >= 11 is 3.51. The van der Waals surface area contributed by atoms with Crippen LogP contribution in [0.1, 0.15) is 10.4 Å². The van der Waals surface area contributed by atoms with E-state index in [1.54, 1.807) is 0 Å². The van der Waals surface area contributed by atoms with Crippen LogP contribution in [0.4, 0.5) is 0 Å². The van der Waals surface area contributed by atoms with Gasteiger partial charge in [0.05, 0.1) is 4.83 Å². The van der Waals surface area contributed by atoms with Crippen LogP contribution in [0.3, 0.4) is 0 Å². The van der Waals surface area contributed by atoms with E-state index in [1.165, 1.54) is 32.3 Å². The van der Waals surface area contributed by atoms with E-state index < -0.39 is 0 Å². The minimum Gasteiger partial charge on any atom is -0.293 e. The van der Waals surface area contributed by atoms with Crippen LogP contribution in [-0.4, -0.2) is 10.6 Å². The van der Waals surface area contributed by atoms with E-state index in [1.807, 2.05) is 6.08 Å². The van der Waals surface area contributed by atoms with Crippen molar-refractivity contribution >= 4 is 70.9 Å². The first-order valence-corrected chi connectivity index (χ1v) is 8.97. The summed E-state index contributed by atoms with van der Waals surface area (Å²) in [5.41, 5.74) is 0.839. The average molecular weight is 371 g/mol. The van der Waals surface area contributed by atoms with Gasteiger partial charge in [0, 0.05) is 10.9 Å². The van der Waals surface area contributed by atoms with Gasteiger partial charge in [0.2, 0.25) is 0 Å². The van der Waals surface area contributed by atoms with Crippen molar-refractivity contribution in [1.29, 1.82) is 0 Å². The van der Waals surface area contributed by atoms with Crippen molar-refractivity contribution in [3.8, 4) is 0 Å². The normalized spacial score (nSPS) is 17.4. The third-order valence-corrected chi connectivity index (χ3v) is 6.03. The molecule has 2 heteroatoms. The molecule has 0 radical (unpaired) electrons. The highest BCUT2D eigenvalue weighted by Crippen LogP contribution is 2.41. The van der Waals surface area contributed by atoms with E-state index in [-0.39, 0.29) is 10.6 Å². The molecule has 1 unspecified atom stereocenters. The van der Waals surface area contributed by atoms with Crippen molar-refractivity contribution in [3.63, 3.8) is 0 Å². The molecule has 0 aromatic heterocycles. The maximum atomic E-state index is 12.7. The minimum absolute atomic E-state index is 0.153. The van der Waals surface area contributed by atoms with Crippen molar-refractivity contribution in [2.45, 2.75) is 4.83 Å². The summed E-state index contributed by atoms with van der Waals surface area (Å²) in [5, 5.41) is 11.0. The van der Waals surface area contributed by atoms with Crippen molar-refractivity contribution < 1.29 is 4.79 Å². The first kappa shape index (κ1) is 12.9. The molecule has 1 aliphatic carbocycles. The van der Waals surface area contributed by atoms with Crippen LogP contribution < -0.4 is 5.22 Å². The van der Waals surface area contributed by atoms with Gasteiger partial charge in [-0.15, -0.1) is 0 Å². The molecule has 1 atom stereocenters. The van der Waals surface area contributed by atoms with Gasteiger partial charge in [0.1, 0.15) is 0 Å². The summed E-state index contributed by atoms with van der Waals surface area (Å²) in [6, 6.07) is 19.4. The summed E-state index contributed by atoms with van der Waals surface area (Å²) in [6.45, 7) is 0. The molecular formula is C22H11BrO. The molecule has 24 heavy (non-hydrogen) atoms. The van der Waals surface area contributed by atoms with E-state index in [2.05, 4.69) is 70.5 Å². The lowest BCUT2D eigenvalue weighted by atomic mass is 9.84. The van der Waals surface area contributed by atoms with Gasteiger partial charge in [-0.3, -0.25) is 4.79 Å². The van der Waals surface area contributed by atoms with Gasteiger partial charge in [-0.25, -0.2) is 0 Å². The third-order valence-electron chi connectivity index (χ3n) is 5.35. The topological polar surface area (TPSA) is 17.1 Å². The highest BCUT2D eigenvalue weighted by molar-refractivity contribution is 9.10. The molecular weight excluding hydrogens is 360 g/mol. The number of ketones is 1. The monoisotopic (exact) mass is 370 g/mol. The molecule has 0 N–H and O–H groups in total. The van der Waals surface area contributed by atoms with Gasteiger partial charge in [-0.1, -0.05) is 64.5 Å². The lowest BCUT2D eigenvalue weighted by Gasteiger charge is -2.20. The molecule has 112 valence electrons. The zero-order chi connectivity index (χ0) is 16.0. The number of hydrogen-bond acceptors (Lipinski definition) is 1. The second-order valence-electron chi connectivity index (χ2n) is 6.60. The number of rotatable bonds is 0. The predicted octanol–water partition coefficient (Wildman–Crippen LogP) is 5.20. The Morgan fingerprint density at radius 1 is 0.708 bits per heavy atom. The molecule has 0 fully saturated rings. The van der Waals surface area contributed by atoms with Gasteiger partial charge in [0.15, 0.2) is 5.78 Å².